The minimum atomic E-state index is -0.0196. The maximum absolute atomic E-state index is 12.9. The lowest BCUT2D eigenvalue weighted by Gasteiger charge is -2.22. The van der Waals surface area contributed by atoms with Crippen molar-refractivity contribution in [2.45, 2.75) is 51.7 Å². The summed E-state index contributed by atoms with van der Waals surface area (Å²) in [7, 11) is 1.59. The van der Waals surface area contributed by atoms with Gasteiger partial charge in [-0.15, -0.1) is 0 Å². The summed E-state index contributed by atoms with van der Waals surface area (Å²) < 4.78 is 5.46. The van der Waals surface area contributed by atoms with Crippen LogP contribution in [0.3, 0.4) is 0 Å². The summed E-state index contributed by atoms with van der Waals surface area (Å²) >= 11 is 0. The molecular formula is C21H24N4O3. The Morgan fingerprint density at radius 1 is 1.32 bits per heavy atom. The van der Waals surface area contributed by atoms with Crippen molar-refractivity contribution in [1.29, 1.82) is 0 Å². The number of ketones is 1. The van der Waals surface area contributed by atoms with Gasteiger partial charge in [0, 0.05) is 29.9 Å². The molecule has 4 rings (SSSR count). The fraction of sp³-hybridized carbons (Fsp3) is 0.429. The van der Waals surface area contributed by atoms with E-state index in [1.165, 1.54) is 19.8 Å². The Labute approximate surface area is 164 Å². The van der Waals surface area contributed by atoms with E-state index < -0.39 is 0 Å². The summed E-state index contributed by atoms with van der Waals surface area (Å²) in [6, 6.07) is 5.71. The number of Topliss-reactive ketones (excluding diaryl/α,β-unsaturated/α-hetero) is 1. The molecule has 3 heterocycles. The van der Waals surface area contributed by atoms with Crippen molar-refractivity contribution >= 4 is 17.5 Å². The van der Waals surface area contributed by atoms with E-state index in [2.05, 4.69) is 15.3 Å². The van der Waals surface area contributed by atoms with Crippen LogP contribution in [0.1, 0.15) is 64.6 Å². The predicted molar refractivity (Wildman–Crippen MR) is 104 cm³/mol. The third-order valence-electron chi connectivity index (χ3n) is 5.54. The first-order valence-corrected chi connectivity index (χ1v) is 9.65. The number of aromatic nitrogens is 2. The standard InChI is InChI=1S/C21H24N4O3/c1-13(26)14-7-8-19(22-10-14)23-11-15-9-17-18(24-20(15)28-2)12-25(21(17)27)16-5-3-4-6-16/h7-10,16H,3-6,11-12H2,1-2H3,(H,22,23). The molecule has 1 saturated carbocycles. The van der Waals surface area contributed by atoms with Crippen molar-refractivity contribution in [1.82, 2.24) is 14.9 Å². The van der Waals surface area contributed by atoms with Crippen LogP contribution in [0.4, 0.5) is 5.82 Å². The van der Waals surface area contributed by atoms with Crippen molar-refractivity contribution in [2.24, 2.45) is 0 Å². The van der Waals surface area contributed by atoms with Gasteiger partial charge >= 0.3 is 0 Å². The summed E-state index contributed by atoms with van der Waals surface area (Å²) in [5.41, 5.74) is 2.84. The largest absolute Gasteiger partial charge is 0.481 e. The Morgan fingerprint density at radius 2 is 2.11 bits per heavy atom. The number of rotatable bonds is 6. The van der Waals surface area contributed by atoms with Crippen LogP contribution < -0.4 is 10.1 Å². The Morgan fingerprint density at radius 3 is 2.75 bits per heavy atom. The number of amides is 1. The number of ether oxygens (including phenoxy) is 1. The van der Waals surface area contributed by atoms with E-state index in [4.69, 9.17) is 4.74 Å². The summed E-state index contributed by atoms with van der Waals surface area (Å²) in [5.74, 6) is 1.22. The second kappa shape index (κ2) is 7.58. The SMILES string of the molecule is COc1nc2c(cc1CNc1ccc(C(C)=O)cn1)C(=O)N(C1CCCC1)C2. The average molecular weight is 380 g/mol. The maximum atomic E-state index is 12.9. The molecule has 28 heavy (non-hydrogen) atoms. The van der Waals surface area contributed by atoms with E-state index >= 15 is 0 Å². The zero-order valence-corrected chi connectivity index (χ0v) is 16.2. The summed E-state index contributed by atoms with van der Waals surface area (Å²) in [5, 5.41) is 3.21. The molecule has 7 heteroatoms. The normalized spacial score (nSPS) is 16.4. The van der Waals surface area contributed by atoms with Gasteiger partial charge in [0.05, 0.1) is 24.9 Å². The molecule has 7 nitrogen and oxygen atoms in total. The van der Waals surface area contributed by atoms with E-state index in [0.29, 0.717) is 42.0 Å². The van der Waals surface area contributed by atoms with Crippen LogP contribution >= 0.6 is 0 Å². The van der Waals surface area contributed by atoms with Crippen LogP contribution in [-0.4, -0.2) is 39.7 Å². The first-order valence-electron chi connectivity index (χ1n) is 9.65. The molecule has 1 aliphatic heterocycles. The number of fused-ring (bicyclic) bond motifs is 1. The number of anilines is 1. The van der Waals surface area contributed by atoms with Crippen LogP contribution in [0.5, 0.6) is 5.88 Å². The van der Waals surface area contributed by atoms with Crippen LogP contribution in [0, 0.1) is 0 Å². The fourth-order valence-corrected chi connectivity index (χ4v) is 3.97. The Kier molecular flexibility index (Phi) is 4.98. The van der Waals surface area contributed by atoms with Gasteiger partial charge in [0.25, 0.3) is 5.91 Å². The van der Waals surface area contributed by atoms with Gasteiger partial charge < -0.3 is 15.0 Å². The molecule has 0 saturated heterocycles. The lowest BCUT2D eigenvalue weighted by Crippen LogP contribution is -2.33. The van der Waals surface area contributed by atoms with E-state index in [0.717, 1.165) is 24.1 Å². The topological polar surface area (TPSA) is 84.4 Å². The molecule has 146 valence electrons. The second-order valence-electron chi connectivity index (χ2n) is 7.36. The molecule has 2 aliphatic rings. The van der Waals surface area contributed by atoms with Gasteiger partial charge in [-0.1, -0.05) is 12.8 Å². The molecule has 0 atom stereocenters. The monoisotopic (exact) mass is 380 g/mol. The van der Waals surface area contributed by atoms with Gasteiger partial charge in [0.15, 0.2) is 5.78 Å². The molecule has 1 aliphatic carbocycles. The number of carbonyl (C=O) groups is 2. The molecule has 0 bridgehead atoms. The second-order valence-corrected chi connectivity index (χ2v) is 7.36. The summed E-state index contributed by atoms with van der Waals surface area (Å²) in [6.07, 6.45) is 6.07. The van der Waals surface area contributed by atoms with Gasteiger partial charge in [-0.2, -0.15) is 0 Å². The van der Waals surface area contributed by atoms with Crippen LogP contribution in [0.15, 0.2) is 24.4 Å². The smallest absolute Gasteiger partial charge is 0.256 e. The Hall–Kier alpha value is -2.96. The van der Waals surface area contributed by atoms with E-state index in [9.17, 15) is 9.59 Å². The molecule has 0 radical (unpaired) electrons. The molecule has 1 amide bonds. The molecule has 2 aromatic rings. The van der Waals surface area contributed by atoms with Gasteiger partial charge in [0.1, 0.15) is 5.82 Å². The van der Waals surface area contributed by atoms with Crippen LogP contribution in [0.2, 0.25) is 0 Å². The Bertz CT molecular complexity index is 905. The third-order valence-corrected chi connectivity index (χ3v) is 5.54. The number of hydrogen-bond acceptors (Lipinski definition) is 6. The van der Waals surface area contributed by atoms with Gasteiger partial charge in [0.2, 0.25) is 5.88 Å². The molecular weight excluding hydrogens is 356 g/mol. The number of nitrogens with zero attached hydrogens (tertiary/aromatic N) is 3. The summed E-state index contributed by atoms with van der Waals surface area (Å²) in [6.45, 7) is 2.50. The number of nitrogens with one attached hydrogen (secondary N) is 1. The van der Waals surface area contributed by atoms with Gasteiger partial charge in [-0.3, -0.25) is 9.59 Å². The van der Waals surface area contributed by atoms with Crippen molar-refractivity contribution < 1.29 is 14.3 Å². The quantitative estimate of drug-likeness (QED) is 0.775. The van der Waals surface area contributed by atoms with Crippen LogP contribution in [0.25, 0.3) is 0 Å². The highest BCUT2D eigenvalue weighted by Crippen LogP contribution is 2.33. The molecule has 0 aromatic carbocycles. The zero-order chi connectivity index (χ0) is 19.7. The number of pyridine rings is 2. The van der Waals surface area contributed by atoms with Crippen molar-refractivity contribution in [3.63, 3.8) is 0 Å². The number of hydrogen-bond donors (Lipinski definition) is 1. The lowest BCUT2D eigenvalue weighted by atomic mass is 10.1. The molecule has 0 spiro atoms. The molecule has 2 aromatic heterocycles. The molecule has 1 N–H and O–H groups in total. The summed E-state index contributed by atoms with van der Waals surface area (Å²) in [4.78, 5) is 35.1. The fourth-order valence-electron chi connectivity index (χ4n) is 3.97. The van der Waals surface area contributed by atoms with Gasteiger partial charge in [-0.05, 0) is 38.0 Å². The highest BCUT2D eigenvalue weighted by molar-refractivity contribution is 5.98. The van der Waals surface area contributed by atoms with Gasteiger partial charge in [-0.25, -0.2) is 9.97 Å². The van der Waals surface area contributed by atoms with Crippen molar-refractivity contribution in [2.75, 3.05) is 12.4 Å². The predicted octanol–water partition coefficient (Wildman–Crippen LogP) is 3.20. The van der Waals surface area contributed by atoms with E-state index in [1.807, 2.05) is 11.0 Å². The van der Waals surface area contributed by atoms with E-state index in [1.54, 1.807) is 25.4 Å². The van der Waals surface area contributed by atoms with Crippen molar-refractivity contribution in [3.05, 3.63) is 46.8 Å². The average Bonchev–Trinajstić information content (AvgIpc) is 3.34. The first kappa shape index (κ1) is 18.4. The highest BCUT2D eigenvalue weighted by Gasteiger charge is 2.35. The molecule has 1 fully saturated rings. The Balaban J connectivity index is 1.52. The number of carbonyl (C=O) groups excluding carboxylic acids is 2. The third kappa shape index (κ3) is 3.44. The minimum Gasteiger partial charge on any atom is -0.481 e. The lowest BCUT2D eigenvalue weighted by molar-refractivity contribution is 0.0706. The van der Waals surface area contributed by atoms with Crippen molar-refractivity contribution in [3.8, 4) is 5.88 Å². The van der Waals surface area contributed by atoms with Crippen LogP contribution in [-0.2, 0) is 13.1 Å². The number of methoxy groups -OCH3 is 1. The maximum Gasteiger partial charge on any atom is 0.256 e. The highest BCUT2D eigenvalue weighted by atomic mass is 16.5. The first-order chi connectivity index (χ1) is 13.6. The minimum absolute atomic E-state index is 0.0196. The molecule has 0 unspecified atom stereocenters. The van der Waals surface area contributed by atoms with E-state index in [-0.39, 0.29) is 11.7 Å². The zero-order valence-electron chi connectivity index (χ0n) is 16.2.